The van der Waals surface area contributed by atoms with Gasteiger partial charge in [0.15, 0.2) is 11.5 Å². The number of amides is 1. The van der Waals surface area contributed by atoms with Crippen molar-refractivity contribution in [1.82, 2.24) is 9.80 Å². The summed E-state index contributed by atoms with van der Waals surface area (Å²) in [5, 5.41) is 0. The van der Waals surface area contributed by atoms with Crippen LogP contribution in [0.25, 0.3) is 0 Å². The second-order valence-corrected chi connectivity index (χ2v) is 6.84. The third-order valence-corrected chi connectivity index (χ3v) is 4.77. The molecule has 1 fully saturated rings. The summed E-state index contributed by atoms with van der Waals surface area (Å²) in [6.07, 6.45) is 1.53. The highest BCUT2D eigenvalue weighted by Gasteiger charge is 2.37. The van der Waals surface area contributed by atoms with Crippen LogP contribution in [0.3, 0.4) is 0 Å². The summed E-state index contributed by atoms with van der Waals surface area (Å²) in [6.45, 7) is 6.86. The Hall–Kier alpha value is -1.75. The standard InChI is InChI=1S/C18H26N2O3/c1-12(2)10-20-11-19-6-5-13-7-16(22-3)17(23-4)8-14(13)15(19)9-18(20)21/h7-8,12,15H,5-6,9-11H2,1-4H3. The van der Waals surface area contributed by atoms with Gasteiger partial charge in [-0.15, -0.1) is 0 Å². The van der Waals surface area contributed by atoms with E-state index in [0.29, 0.717) is 12.3 Å². The maximum Gasteiger partial charge on any atom is 0.225 e. The molecule has 1 saturated heterocycles. The first kappa shape index (κ1) is 16.1. The highest BCUT2D eigenvalue weighted by Crippen LogP contribution is 2.41. The monoisotopic (exact) mass is 318 g/mol. The Labute approximate surface area is 138 Å². The van der Waals surface area contributed by atoms with Gasteiger partial charge >= 0.3 is 0 Å². The number of hydrogen-bond acceptors (Lipinski definition) is 4. The minimum atomic E-state index is 0.162. The molecule has 0 N–H and O–H groups in total. The molecule has 2 aliphatic heterocycles. The van der Waals surface area contributed by atoms with Crippen LogP contribution in [0.5, 0.6) is 11.5 Å². The lowest BCUT2D eigenvalue weighted by Crippen LogP contribution is -2.52. The van der Waals surface area contributed by atoms with Crippen molar-refractivity contribution in [1.29, 1.82) is 0 Å². The van der Waals surface area contributed by atoms with E-state index in [0.717, 1.165) is 37.7 Å². The van der Waals surface area contributed by atoms with Gasteiger partial charge in [-0.05, 0) is 35.6 Å². The molecule has 3 rings (SSSR count). The fraction of sp³-hybridized carbons (Fsp3) is 0.611. The molecule has 5 nitrogen and oxygen atoms in total. The van der Waals surface area contributed by atoms with Crippen molar-refractivity contribution in [2.45, 2.75) is 32.7 Å². The molecule has 5 heteroatoms. The van der Waals surface area contributed by atoms with Gasteiger partial charge in [-0.25, -0.2) is 0 Å². The fourth-order valence-electron chi connectivity index (χ4n) is 3.68. The highest BCUT2D eigenvalue weighted by molar-refractivity contribution is 5.78. The van der Waals surface area contributed by atoms with E-state index in [2.05, 4.69) is 30.9 Å². The Kier molecular flexibility index (Phi) is 4.48. The molecule has 126 valence electrons. The molecule has 2 heterocycles. The average molecular weight is 318 g/mol. The molecule has 0 bridgehead atoms. The lowest BCUT2D eigenvalue weighted by atomic mass is 9.88. The van der Waals surface area contributed by atoms with Crippen LogP contribution in [0, 0.1) is 5.92 Å². The van der Waals surface area contributed by atoms with Gasteiger partial charge in [0.2, 0.25) is 5.91 Å². The fourth-order valence-corrected chi connectivity index (χ4v) is 3.68. The van der Waals surface area contributed by atoms with Crippen molar-refractivity contribution in [2.75, 3.05) is 34.0 Å². The number of benzene rings is 1. The first-order valence-corrected chi connectivity index (χ1v) is 8.30. The molecule has 1 atom stereocenters. The van der Waals surface area contributed by atoms with Gasteiger partial charge in [-0.2, -0.15) is 0 Å². The van der Waals surface area contributed by atoms with E-state index in [9.17, 15) is 4.79 Å². The van der Waals surface area contributed by atoms with Crippen LogP contribution < -0.4 is 9.47 Å². The van der Waals surface area contributed by atoms with E-state index < -0.39 is 0 Å². The average Bonchev–Trinajstić information content (AvgIpc) is 2.53. The number of fused-ring (bicyclic) bond motifs is 3. The second kappa shape index (κ2) is 6.40. The predicted molar refractivity (Wildman–Crippen MR) is 88.7 cm³/mol. The predicted octanol–water partition coefficient (Wildman–Crippen LogP) is 2.45. The van der Waals surface area contributed by atoms with Gasteiger partial charge in [-0.1, -0.05) is 13.8 Å². The molecule has 1 unspecified atom stereocenters. The van der Waals surface area contributed by atoms with Crippen molar-refractivity contribution < 1.29 is 14.3 Å². The van der Waals surface area contributed by atoms with Crippen LogP contribution in [0.2, 0.25) is 0 Å². The number of carbonyl (C=O) groups is 1. The quantitative estimate of drug-likeness (QED) is 0.855. The number of ether oxygens (including phenoxy) is 2. The molecule has 23 heavy (non-hydrogen) atoms. The van der Waals surface area contributed by atoms with Crippen LogP contribution in [0.15, 0.2) is 12.1 Å². The third-order valence-electron chi connectivity index (χ3n) is 4.77. The molecular formula is C18H26N2O3. The van der Waals surface area contributed by atoms with E-state index in [1.165, 1.54) is 11.1 Å². The topological polar surface area (TPSA) is 42.0 Å². The number of rotatable bonds is 4. The maximum atomic E-state index is 12.5. The SMILES string of the molecule is COc1cc2c(cc1OC)C1CC(=O)N(CC(C)C)CN1CC2. The van der Waals surface area contributed by atoms with Crippen molar-refractivity contribution in [2.24, 2.45) is 5.92 Å². The highest BCUT2D eigenvalue weighted by atomic mass is 16.5. The Morgan fingerprint density at radius 3 is 2.57 bits per heavy atom. The number of methoxy groups -OCH3 is 2. The lowest BCUT2D eigenvalue weighted by Gasteiger charge is -2.45. The molecule has 0 saturated carbocycles. The lowest BCUT2D eigenvalue weighted by molar-refractivity contribution is -0.142. The Balaban J connectivity index is 1.89. The molecule has 0 aromatic heterocycles. The van der Waals surface area contributed by atoms with Gasteiger partial charge in [0.25, 0.3) is 0 Å². The zero-order chi connectivity index (χ0) is 16.6. The largest absolute Gasteiger partial charge is 0.493 e. The van der Waals surface area contributed by atoms with Crippen LogP contribution in [0.1, 0.15) is 37.4 Å². The van der Waals surface area contributed by atoms with E-state index in [-0.39, 0.29) is 11.9 Å². The van der Waals surface area contributed by atoms with E-state index in [4.69, 9.17) is 9.47 Å². The number of carbonyl (C=O) groups excluding carboxylic acids is 1. The molecule has 1 aromatic carbocycles. The summed E-state index contributed by atoms with van der Waals surface area (Å²) in [4.78, 5) is 16.9. The van der Waals surface area contributed by atoms with Crippen molar-refractivity contribution in [3.05, 3.63) is 23.3 Å². The minimum absolute atomic E-state index is 0.162. The zero-order valence-corrected chi connectivity index (χ0v) is 14.5. The van der Waals surface area contributed by atoms with Gasteiger partial charge in [0.1, 0.15) is 0 Å². The first-order chi connectivity index (χ1) is 11.0. The summed E-state index contributed by atoms with van der Waals surface area (Å²) in [6, 6.07) is 4.28. The first-order valence-electron chi connectivity index (χ1n) is 8.30. The second-order valence-electron chi connectivity index (χ2n) is 6.84. The molecular weight excluding hydrogens is 292 g/mol. The molecule has 1 aromatic rings. The summed E-state index contributed by atoms with van der Waals surface area (Å²) in [7, 11) is 3.31. The maximum absolute atomic E-state index is 12.5. The Morgan fingerprint density at radius 2 is 1.91 bits per heavy atom. The smallest absolute Gasteiger partial charge is 0.225 e. The molecule has 2 aliphatic rings. The van der Waals surface area contributed by atoms with Gasteiger partial charge in [0, 0.05) is 25.6 Å². The Morgan fingerprint density at radius 1 is 1.22 bits per heavy atom. The van der Waals surface area contributed by atoms with Crippen LogP contribution in [0.4, 0.5) is 0 Å². The summed E-state index contributed by atoms with van der Waals surface area (Å²) < 4.78 is 10.9. The number of hydrogen-bond donors (Lipinski definition) is 0. The van der Waals surface area contributed by atoms with Crippen molar-refractivity contribution in [3.63, 3.8) is 0 Å². The third kappa shape index (κ3) is 3.02. The Bertz CT molecular complexity index is 600. The van der Waals surface area contributed by atoms with Gasteiger partial charge in [-0.3, -0.25) is 9.69 Å². The molecule has 0 spiro atoms. The van der Waals surface area contributed by atoms with Crippen LogP contribution in [-0.4, -0.2) is 49.7 Å². The summed E-state index contributed by atoms with van der Waals surface area (Å²) in [5.41, 5.74) is 2.49. The molecule has 0 radical (unpaired) electrons. The van der Waals surface area contributed by atoms with Crippen molar-refractivity contribution >= 4 is 5.91 Å². The molecule has 0 aliphatic carbocycles. The van der Waals surface area contributed by atoms with Gasteiger partial charge < -0.3 is 14.4 Å². The van der Waals surface area contributed by atoms with E-state index in [1.54, 1.807) is 14.2 Å². The minimum Gasteiger partial charge on any atom is -0.493 e. The van der Waals surface area contributed by atoms with Gasteiger partial charge in [0.05, 0.1) is 20.9 Å². The van der Waals surface area contributed by atoms with Crippen LogP contribution >= 0.6 is 0 Å². The zero-order valence-electron chi connectivity index (χ0n) is 14.5. The van der Waals surface area contributed by atoms with E-state index in [1.807, 2.05) is 4.90 Å². The van der Waals surface area contributed by atoms with Crippen LogP contribution in [-0.2, 0) is 11.2 Å². The summed E-state index contributed by atoms with van der Waals surface area (Å²) in [5.74, 6) is 2.26. The summed E-state index contributed by atoms with van der Waals surface area (Å²) >= 11 is 0. The van der Waals surface area contributed by atoms with Crippen molar-refractivity contribution in [3.8, 4) is 11.5 Å². The molecule has 1 amide bonds. The van der Waals surface area contributed by atoms with E-state index >= 15 is 0 Å². The number of nitrogens with zero attached hydrogens (tertiary/aromatic N) is 2. The normalized spacial score (nSPS) is 21.2.